The molecule has 0 aliphatic carbocycles. The standard InChI is InChI=1S/C23H16BrNO3/c24-19-5-3-17-13-21(6-4-16(17)12-19)27-15-22-8-7-20(28-22)9-10-23(26)18-2-1-11-25-14-18/h1-14H,15H2/b10-9+. The first-order valence-electron chi connectivity index (χ1n) is 8.71. The predicted molar refractivity (Wildman–Crippen MR) is 112 cm³/mol. The van der Waals surface area contributed by atoms with Crippen molar-refractivity contribution in [2.75, 3.05) is 0 Å². The van der Waals surface area contributed by atoms with Crippen LogP contribution in [0.3, 0.4) is 0 Å². The van der Waals surface area contributed by atoms with E-state index in [0.717, 1.165) is 21.0 Å². The zero-order chi connectivity index (χ0) is 19.3. The summed E-state index contributed by atoms with van der Waals surface area (Å²) in [5.41, 5.74) is 0.539. The number of carbonyl (C=O) groups excluding carboxylic acids is 1. The molecule has 0 saturated heterocycles. The third kappa shape index (κ3) is 4.38. The van der Waals surface area contributed by atoms with Crippen molar-refractivity contribution < 1.29 is 13.9 Å². The lowest BCUT2D eigenvalue weighted by atomic mass is 10.1. The Morgan fingerprint density at radius 1 is 1.07 bits per heavy atom. The van der Waals surface area contributed by atoms with E-state index < -0.39 is 0 Å². The number of pyridine rings is 1. The Kier molecular flexibility index (Phi) is 5.35. The smallest absolute Gasteiger partial charge is 0.187 e. The maximum atomic E-state index is 12.1. The quantitative estimate of drug-likeness (QED) is 0.273. The summed E-state index contributed by atoms with van der Waals surface area (Å²) in [7, 11) is 0. The van der Waals surface area contributed by atoms with Crippen molar-refractivity contribution >= 4 is 38.6 Å². The van der Waals surface area contributed by atoms with E-state index in [2.05, 4.69) is 27.0 Å². The number of aromatic nitrogens is 1. The fraction of sp³-hybridized carbons (Fsp3) is 0.0435. The zero-order valence-electron chi connectivity index (χ0n) is 14.8. The molecule has 4 aromatic rings. The Hall–Kier alpha value is -3.18. The fourth-order valence-corrected chi connectivity index (χ4v) is 3.14. The molecule has 2 aromatic carbocycles. The van der Waals surface area contributed by atoms with Crippen LogP contribution >= 0.6 is 15.9 Å². The van der Waals surface area contributed by atoms with Crippen LogP contribution in [0.25, 0.3) is 16.8 Å². The molecule has 2 aromatic heterocycles. The van der Waals surface area contributed by atoms with Gasteiger partial charge in [-0.2, -0.15) is 0 Å². The summed E-state index contributed by atoms with van der Waals surface area (Å²) >= 11 is 3.48. The molecule has 0 N–H and O–H groups in total. The number of nitrogens with zero attached hydrogens (tertiary/aromatic N) is 1. The van der Waals surface area contributed by atoms with Gasteiger partial charge in [-0.1, -0.05) is 28.1 Å². The van der Waals surface area contributed by atoms with Gasteiger partial charge in [0.05, 0.1) is 0 Å². The van der Waals surface area contributed by atoms with Gasteiger partial charge in [-0.25, -0.2) is 0 Å². The monoisotopic (exact) mass is 433 g/mol. The molecule has 0 fully saturated rings. The number of fused-ring (bicyclic) bond motifs is 1. The first kappa shape index (κ1) is 18.2. The van der Waals surface area contributed by atoms with Gasteiger partial charge in [-0.3, -0.25) is 9.78 Å². The predicted octanol–water partition coefficient (Wildman–Crippen LogP) is 6.07. The average Bonchev–Trinajstić information content (AvgIpc) is 3.19. The van der Waals surface area contributed by atoms with Crippen LogP contribution in [0.15, 0.2) is 88.0 Å². The molecule has 138 valence electrons. The van der Waals surface area contributed by atoms with E-state index in [-0.39, 0.29) is 5.78 Å². The zero-order valence-corrected chi connectivity index (χ0v) is 16.4. The van der Waals surface area contributed by atoms with Crippen LogP contribution in [-0.4, -0.2) is 10.8 Å². The second-order valence-electron chi connectivity index (χ2n) is 6.19. The van der Waals surface area contributed by atoms with E-state index in [1.54, 1.807) is 24.4 Å². The lowest BCUT2D eigenvalue weighted by molar-refractivity contribution is 0.104. The number of allylic oxidation sites excluding steroid dienone is 1. The van der Waals surface area contributed by atoms with Crippen LogP contribution < -0.4 is 4.74 Å². The van der Waals surface area contributed by atoms with Crippen molar-refractivity contribution in [3.63, 3.8) is 0 Å². The van der Waals surface area contributed by atoms with Gasteiger partial charge in [0.25, 0.3) is 0 Å². The molecule has 0 atom stereocenters. The number of hydrogen-bond donors (Lipinski definition) is 0. The van der Waals surface area contributed by atoms with Gasteiger partial charge in [0.15, 0.2) is 5.78 Å². The van der Waals surface area contributed by atoms with Crippen molar-refractivity contribution in [2.24, 2.45) is 0 Å². The number of rotatable bonds is 6. The Morgan fingerprint density at radius 3 is 2.79 bits per heavy atom. The van der Waals surface area contributed by atoms with Gasteiger partial charge in [0, 0.05) is 22.4 Å². The molecule has 0 aliphatic heterocycles. The molecule has 0 bridgehead atoms. The fourth-order valence-electron chi connectivity index (χ4n) is 2.76. The second-order valence-corrected chi connectivity index (χ2v) is 7.10. The number of halogens is 1. The number of ketones is 1. The average molecular weight is 434 g/mol. The van der Waals surface area contributed by atoms with Crippen LogP contribution in [-0.2, 0) is 6.61 Å². The highest BCUT2D eigenvalue weighted by Gasteiger charge is 2.05. The highest BCUT2D eigenvalue weighted by molar-refractivity contribution is 9.10. The van der Waals surface area contributed by atoms with Crippen LogP contribution in [0.1, 0.15) is 21.9 Å². The molecule has 0 aliphatic rings. The summed E-state index contributed by atoms with van der Waals surface area (Å²) in [5.74, 6) is 1.93. The van der Waals surface area contributed by atoms with Crippen molar-refractivity contribution in [1.82, 2.24) is 4.98 Å². The third-order valence-corrected chi connectivity index (χ3v) is 4.68. The highest BCUT2D eigenvalue weighted by Crippen LogP contribution is 2.25. The maximum absolute atomic E-state index is 12.1. The summed E-state index contributed by atoms with van der Waals surface area (Å²) < 4.78 is 12.6. The topological polar surface area (TPSA) is 52.3 Å². The van der Waals surface area contributed by atoms with E-state index in [1.165, 1.54) is 12.3 Å². The molecule has 0 unspecified atom stereocenters. The van der Waals surface area contributed by atoms with E-state index >= 15 is 0 Å². The largest absolute Gasteiger partial charge is 0.486 e. The summed E-state index contributed by atoms with van der Waals surface area (Å²) in [6.45, 7) is 0.312. The molecular formula is C23H16BrNO3. The SMILES string of the molecule is O=C(/C=C/c1ccc(COc2ccc3cc(Br)ccc3c2)o1)c1cccnc1. The van der Waals surface area contributed by atoms with Gasteiger partial charge in [-0.05, 0) is 71.5 Å². The lowest BCUT2D eigenvalue weighted by Gasteiger charge is -2.06. The minimum absolute atomic E-state index is 0.120. The van der Waals surface area contributed by atoms with Crippen LogP contribution in [0, 0.1) is 0 Å². The minimum Gasteiger partial charge on any atom is -0.486 e. The van der Waals surface area contributed by atoms with E-state index in [4.69, 9.17) is 9.15 Å². The van der Waals surface area contributed by atoms with Crippen molar-refractivity contribution in [3.05, 3.63) is 101 Å². The summed E-state index contributed by atoms with van der Waals surface area (Å²) in [4.78, 5) is 16.0. The molecular weight excluding hydrogens is 418 g/mol. The molecule has 0 radical (unpaired) electrons. The Morgan fingerprint density at radius 2 is 1.93 bits per heavy atom. The number of hydrogen-bond acceptors (Lipinski definition) is 4. The van der Waals surface area contributed by atoms with Crippen molar-refractivity contribution in [2.45, 2.75) is 6.61 Å². The van der Waals surface area contributed by atoms with Crippen LogP contribution in [0.4, 0.5) is 0 Å². The number of furan rings is 1. The molecule has 0 amide bonds. The first-order valence-corrected chi connectivity index (χ1v) is 9.50. The number of carbonyl (C=O) groups is 1. The van der Waals surface area contributed by atoms with Crippen molar-refractivity contribution in [1.29, 1.82) is 0 Å². The van der Waals surface area contributed by atoms with Gasteiger partial charge in [0.1, 0.15) is 23.9 Å². The molecule has 4 rings (SSSR count). The van der Waals surface area contributed by atoms with E-state index in [0.29, 0.717) is 23.7 Å². The lowest BCUT2D eigenvalue weighted by Crippen LogP contribution is -1.94. The molecule has 0 spiro atoms. The molecule has 2 heterocycles. The molecule has 5 heteroatoms. The molecule has 0 saturated carbocycles. The number of ether oxygens (including phenoxy) is 1. The Balaban J connectivity index is 1.39. The maximum Gasteiger partial charge on any atom is 0.187 e. The van der Waals surface area contributed by atoms with Gasteiger partial charge in [-0.15, -0.1) is 0 Å². The summed E-state index contributed by atoms with van der Waals surface area (Å²) in [5, 5.41) is 2.25. The Bertz CT molecular complexity index is 1150. The van der Waals surface area contributed by atoms with Crippen molar-refractivity contribution in [3.8, 4) is 5.75 Å². The highest BCUT2D eigenvalue weighted by atomic mass is 79.9. The minimum atomic E-state index is -0.120. The molecule has 4 nitrogen and oxygen atoms in total. The second kappa shape index (κ2) is 8.23. The molecule has 28 heavy (non-hydrogen) atoms. The Labute approximate surface area is 170 Å². The van der Waals surface area contributed by atoms with Gasteiger partial charge >= 0.3 is 0 Å². The van der Waals surface area contributed by atoms with Gasteiger partial charge in [0.2, 0.25) is 0 Å². The van der Waals surface area contributed by atoms with E-state index in [1.807, 2.05) is 42.5 Å². The normalized spacial score (nSPS) is 11.2. The summed E-state index contributed by atoms with van der Waals surface area (Å²) in [6.07, 6.45) is 6.29. The van der Waals surface area contributed by atoms with E-state index in [9.17, 15) is 4.79 Å². The van der Waals surface area contributed by atoms with Crippen LogP contribution in [0.5, 0.6) is 5.75 Å². The van der Waals surface area contributed by atoms with Crippen LogP contribution in [0.2, 0.25) is 0 Å². The number of benzene rings is 2. The summed E-state index contributed by atoms with van der Waals surface area (Å²) in [6, 6.07) is 19.2. The third-order valence-electron chi connectivity index (χ3n) is 4.18. The first-order chi connectivity index (χ1) is 13.7. The van der Waals surface area contributed by atoms with Gasteiger partial charge < -0.3 is 9.15 Å².